The van der Waals surface area contributed by atoms with E-state index in [2.05, 4.69) is 40.6 Å². The molecule has 1 fully saturated rings. The summed E-state index contributed by atoms with van der Waals surface area (Å²) in [6, 6.07) is 1.89. The first-order chi connectivity index (χ1) is 15.3. The molecular formula is C24H30N6O2. The summed E-state index contributed by atoms with van der Waals surface area (Å²) in [4.78, 5) is 27.2. The van der Waals surface area contributed by atoms with E-state index >= 15 is 0 Å². The summed E-state index contributed by atoms with van der Waals surface area (Å²) < 4.78 is 5.41. The average molecular weight is 435 g/mol. The molecule has 3 aromatic heterocycles. The van der Waals surface area contributed by atoms with Crippen molar-refractivity contribution in [1.82, 2.24) is 25.1 Å². The number of nitrogens with one attached hydrogen (secondary N) is 2. The van der Waals surface area contributed by atoms with Gasteiger partial charge in [-0.15, -0.1) is 0 Å². The molecule has 8 heteroatoms. The van der Waals surface area contributed by atoms with Gasteiger partial charge in [-0.2, -0.15) is 5.10 Å². The average Bonchev–Trinajstić information content (AvgIpc) is 3.40. The number of H-pyrrole nitrogens is 2. The molecule has 1 amide bonds. The fourth-order valence-corrected chi connectivity index (χ4v) is 4.78. The number of aromatic amines is 2. The van der Waals surface area contributed by atoms with Crippen LogP contribution in [-0.2, 0) is 22.4 Å². The lowest BCUT2D eigenvalue weighted by molar-refractivity contribution is -0.115. The van der Waals surface area contributed by atoms with E-state index in [1.807, 2.05) is 6.07 Å². The van der Waals surface area contributed by atoms with Crippen LogP contribution in [0.15, 0.2) is 24.4 Å². The fraction of sp³-hybridized carbons (Fsp3) is 0.500. The zero-order chi connectivity index (χ0) is 22.5. The minimum atomic E-state index is -0.0854. The van der Waals surface area contributed by atoms with E-state index in [0.29, 0.717) is 41.5 Å². The quantitative estimate of drug-likeness (QED) is 0.608. The van der Waals surface area contributed by atoms with Crippen LogP contribution in [0, 0.1) is 11.3 Å². The topological polar surface area (TPSA) is 99.8 Å². The lowest BCUT2D eigenvalue weighted by Gasteiger charge is -2.28. The van der Waals surface area contributed by atoms with Crippen molar-refractivity contribution in [3.8, 4) is 11.5 Å². The molecule has 0 aromatic carbocycles. The standard InChI is InChI=1S/C24H30N6O2/c1-14(15-6-9-32-10-7-15)23(31)30(4)16-11-18-21(25-13-16)27-22(26-18)20-17-5-8-24(2,3)12-19(17)28-29-20/h11,13,15H,1,5-10,12H2,2-4H3,(H,28,29)(H,25,26,27). The first-order valence-electron chi connectivity index (χ1n) is 11.3. The van der Waals surface area contributed by atoms with Crippen LogP contribution in [0.25, 0.3) is 22.7 Å². The molecule has 1 aliphatic carbocycles. The monoisotopic (exact) mass is 434 g/mol. The maximum atomic E-state index is 13.0. The Bertz CT molecular complexity index is 1180. The summed E-state index contributed by atoms with van der Waals surface area (Å²) in [6.07, 6.45) is 6.46. The summed E-state index contributed by atoms with van der Waals surface area (Å²) in [7, 11) is 1.76. The van der Waals surface area contributed by atoms with Gasteiger partial charge in [0, 0.05) is 37.1 Å². The van der Waals surface area contributed by atoms with Crippen molar-refractivity contribution in [2.75, 3.05) is 25.2 Å². The van der Waals surface area contributed by atoms with Gasteiger partial charge in [-0.3, -0.25) is 9.89 Å². The molecule has 2 aliphatic rings. The minimum absolute atomic E-state index is 0.0854. The second-order valence-corrected chi connectivity index (χ2v) is 9.79. The maximum absolute atomic E-state index is 13.0. The molecule has 0 atom stereocenters. The molecule has 2 N–H and O–H groups in total. The minimum Gasteiger partial charge on any atom is -0.381 e. The highest BCUT2D eigenvalue weighted by Gasteiger charge is 2.30. The number of pyridine rings is 1. The predicted molar refractivity (Wildman–Crippen MR) is 123 cm³/mol. The van der Waals surface area contributed by atoms with E-state index < -0.39 is 0 Å². The highest BCUT2D eigenvalue weighted by molar-refractivity contribution is 6.05. The van der Waals surface area contributed by atoms with Gasteiger partial charge >= 0.3 is 0 Å². The number of carbonyl (C=O) groups is 1. The number of amides is 1. The van der Waals surface area contributed by atoms with Crippen molar-refractivity contribution in [3.05, 3.63) is 35.7 Å². The summed E-state index contributed by atoms with van der Waals surface area (Å²) in [6.45, 7) is 10.0. The fourth-order valence-electron chi connectivity index (χ4n) is 4.78. The van der Waals surface area contributed by atoms with Crippen LogP contribution in [0.1, 0.15) is 44.4 Å². The molecular weight excluding hydrogens is 404 g/mol. The first-order valence-corrected chi connectivity index (χ1v) is 11.3. The SMILES string of the molecule is C=C(C(=O)N(C)c1cnc2[nH]c(-c3n[nH]c4c3CCC(C)(C)C4)nc2c1)C1CCOCC1. The highest BCUT2D eigenvalue weighted by atomic mass is 16.5. The van der Waals surface area contributed by atoms with Crippen LogP contribution in [0.3, 0.4) is 0 Å². The van der Waals surface area contributed by atoms with Crippen molar-refractivity contribution in [1.29, 1.82) is 0 Å². The van der Waals surface area contributed by atoms with E-state index in [0.717, 1.165) is 37.8 Å². The Balaban J connectivity index is 1.39. The molecule has 1 saturated heterocycles. The van der Waals surface area contributed by atoms with Gasteiger partial charge in [0.2, 0.25) is 0 Å². The van der Waals surface area contributed by atoms with Crippen LogP contribution in [0.5, 0.6) is 0 Å². The summed E-state index contributed by atoms with van der Waals surface area (Å²) in [5, 5.41) is 7.77. The number of hydrogen-bond donors (Lipinski definition) is 2. The van der Waals surface area contributed by atoms with Crippen molar-refractivity contribution >= 4 is 22.8 Å². The van der Waals surface area contributed by atoms with Gasteiger partial charge in [-0.1, -0.05) is 20.4 Å². The van der Waals surface area contributed by atoms with Crippen LogP contribution >= 0.6 is 0 Å². The van der Waals surface area contributed by atoms with Crippen molar-refractivity contribution in [3.63, 3.8) is 0 Å². The highest BCUT2D eigenvalue weighted by Crippen LogP contribution is 2.37. The Kier molecular flexibility index (Phi) is 5.12. The molecule has 0 spiro atoms. The van der Waals surface area contributed by atoms with E-state index in [4.69, 9.17) is 9.72 Å². The number of aromatic nitrogens is 5. The largest absolute Gasteiger partial charge is 0.381 e. The van der Waals surface area contributed by atoms with Gasteiger partial charge in [0.15, 0.2) is 11.5 Å². The van der Waals surface area contributed by atoms with Gasteiger partial charge < -0.3 is 14.6 Å². The van der Waals surface area contributed by atoms with Crippen LogP contribution in [0.2, 0.25) is 0 Å². The Morgan fingerprint density at radius 1 is 1.31 bits per heavy atom. The number of rotatable bonds is 4. The molecule has 8 nitrogen and oxygen atoms in total. The van der Waals surface area contributed by atoms with E-state index in [1.54, 1.807) is 18.1 Å². The normalized spacial score (nSPS) is 18.5. The summed E-state index contributed by atoms with van der Waals surface area (Å²) in [5.74, 6) is 0.795. The van der Waals surface area contributed by atoms with E-state index in [1.165, 1.54) is 11.3 Å². The second kappa shape index (κ2) is 7.85. The first kappa shape index (κ1) is 20.9. The van der Waals surface area contributed by atoms with Gasteiger partial charge in [0.1, 0.15) is 11.2 Å². The molecule has 4 heterocycles. The number of likely N-dealkylation sites (N-methyl/N-ethyl adjacent to an activating group) is 1. The lowest BCUT2D eigenvalue weighted by Crippen LogP contribution is -2.32. The summed E-state index contributed by atoms with van der Waals surface area (Å²) in [5.41, 5.74) is 6.30. The number of hydrogen-bond acceptors (Lipinski definition) is 5. The number of ether oxygens (including phenoxy) is 1. The third-order valence-corrected chi connectivity index (χ3v) is 6.89. The smallest absolute Gasteiger partial charge is 0.253 e. The van der Waals surface area contributed by atoms with Gasteiger partial charge in [-0.05, 0) is 49.5 Å². The Morgan fingerprint density at radius 2 is 2.09 bits per heavy atom. The molecule has 32 heavy (non-hydrogen) atoms. The number of carbonyl (C=O) groups excluding carboxylic acids is 1. The molecule has 0 saturated carbocycles. The molecule has 168 valence electrons. The number of fused-ring (bicyclic) bond motifs is 2. The molecule has 1 aliphatic heterocycles. The van der Waals surface area contributed by atoms with Crippen molar-refractivity contribution in [2.45, 2.75) is 46.0 Å². The van der Waals surface area contributed by atoms with Crippen molar-refractivity contribution in [2.24, 2.45) is 11.3 Å². The van der Waals surface area contributed by atoms with Crippen LogP contribution in [0.4, 0.5) is 5.69 Å². The summed E-state index contributed by atoms with van der Waals surface area (Å²) >= 11 is 0. The number of nitrogens with zero attached hydrogens (tertiary/aromatic N) is 4. The molecule has 3 aromatic rings. The zero-order valence-electron chi connectivity index (χ0n) is 19.0. The van der Waals surface area contributed by atoms with Crippen molar-refractivity contribution < 1.29 is 9.53 Å². The van der Waals surface area contributed by atoms with Gasteiger partial charge in [0.05, 0.1) is 11.9 Å². The number of anilines is 1. The van der Waals surface area contributed by atoms with E-state index in [-0.39, 0.29) is 17.2 Å². The Labute approximate surface area is 187 Å². The molecule has 0 bridgehead atoms. The third kappa shape index (κ3) is 3.72. The van der Waals surface area contributed by atoms with Crippen LogP contribution in [-0.4, -0.2) is 51.3 Å². The molecule has 0 unspecified atom stereocenters. The number of imidazole rings is 1. The Morgan fingerprint density at radius 3 is 2.88 bits per heavy atom. The zero-order valence-corrected chi connectivity index (χ0v) is 19.0. The second-order valence-electron chi connectivity index (χ2n) is 9.79. The van der Waals surface area contributed by atoms with Gasteiger partial charge in [0.25, 0.3) is 5.91 Å². The Hall–Kier alpha value is -3.00. The lowest BCUT2D eigenvalue weighted by atomic mass is 9.76. The third-order valence-electron chi connectivity index (χ3n) is 6.89. The van der Waals surface area contributed by atoms with E-state index in [9.17, 15) is 4.79 Å². The molecule has 0 radical (unpaired) electrons. The predicted octanol–water partition coefficient (Wildman–Crippen LogP) is 3.81. The van der Waals surface area contributed by atoms with Gasteiger partial charge in [-0.25, -0.2) is 9.97 Å². The van der Waals surface area contributed by atoms with Crippen LogP contribution < -0.4 is 4.90 Å². The maximum Gasteiger partial charge on any atom is 0.253 e. The molecule has 5 rings (SSSR count).